The van der Waals surface area contributed by atoms with Gasteiger partial charge >= 0.3 is 0 Å². The molecule has 0 unspecified atom stereocenters. The average Bonchev–Trinajstić information content (AvgIpc) is 2.65. The fourth-order valence-corrected chi connectivity index (χ4v) is 1.37. The normalized spacial score (nSPS) is 10.9. The molecule has 74 valence electrons. The van der Waals surface area contributed by atoms with E-state index in [1.54, 1.807) is 6.33 Å². The molecule has 2 rings (SSSR count). The lowest BCUT2D eigenvalue weighted by Crippen LogP contribution is -2.01. The van der Waals surface area contributed by atoms with Gasteiger partial charge in [0.15, 0.2) is 5.69 Å². The van der Waals surface area contributed by atoms with E-state index in [-0.39, 0.29) is 0 Å². The maximum absolute atomic E-state index is 4.15. The summed E-state index contributed by atoms with van der Waals surface area (Å²) in [5, 5.41) is 11.2. The standard InChI is InChI=1S/C9H13N5/c1-2-3-4-5-14-6-8-9(10-7-14)12-13-11-8/h6-7H,2-5H2,1H3. The number of rotatable bonds is 4. The minimum atomic E-state index is 0.622. The Kier molecular flexibility index (Phi) is 2.67. The van der Waals surface area contributed by atoms with Gasteiger partial charge in [-0.05, 0) is 11.6 Å². The van der Waals surface area contributed by atoms with Gasteiger partial charge in [-0.15, -0.1) is 10.2 Å². The molecule has 0 amide bonds. The molecule has 0 spiro atoms. The van der Waals surface area contributed by atoms with Crippen molar-refractivity contribution in [2.24, 2.45) is 0 Å². The summed E-state index contributed by atoms with van der Waals surface area (Å²) >= 11 is 0. The van der Waals surface area contributed by atoms with Gasteiger partial charge in [-0.1, -0.05) is 19.8 Å². The third kappa shape index (κ3) is 1.86. The second kappa shape index (κ2) is 4.13. The molecule has 0 aromatic heterocycles. The molecule has 0 aliphatic carbocycles. The third-order valence-corrected chi connectivity index (χ3v) is 2.16. The molecule has 0 N–H and O–H groups in total. The Morgan fingerprint density at radius 3 is 3.07 bits per heavy atom. The second-order valence-electron chi connectivity index (χ2n) is 3.32. The van der Waals surface area contributed by atoms with Gasteiger partial charge in [0.25, 0.3) is 0 Å². The molecular weight excluding hydrogens is 178 g/mol. The zero-order chi connectivity index (χ0) is 9.80. The predicted octanol–water partition coefficient (Wildman–Crippen LogP) is 1.36. The van der Waals surface area contributed by atoms with Crippen molar-refractivity contribution in [2.75, 3.05) is 0 Å². The molecule has 0 radical (unpaired) electrons. The molecule has 0 fully saturated rings. The number of aromatic nitrogens is 5. The second-order valence-corrected chi connectivity index (χ2v) is 3.32. The fraction of sp³-hybridized carbons (Fsp3) is 0.556. The zero-order valence-corrected chi connectivity index (χ0v) is 8.22. The molecule has 14 heavy (non-hydrogen) atoms. The predicted molar refractivity (Wildman–Crippen MR) is 51.8 cm³/mol. The topological polar surface area (TPSA) is 56.5 Å². The Morgan fingerprint density at radius 2 is 2.21 bits per heavy atom. The Morgan fingerprint density at radius 1 is 1.29 bits per heavy atom. The quantitative estimate of drug-likeness (QED) is 0.685. The van der Waals surface area contributed by atoms with Crippen LogP contribution >= 0.6 is 0 Å². The van der Waals surface area contributed by atoms with Crippen LogP contribution in [0, 0.1) is 0 Å². The first-order chi connectivity index (χ1) is 6.90. The summed E-state index contributed by atoms with van der Waals surface area (Å²) in [5.41, 5.74) is 0.768. The number of unbranched alkanes of at least 4 members (excludes halogenated alkanes) is 2. The first-order valence-corrected chi connectivity index (χ1v) is 4.91. The Bertz CT molecular complexity index is 370. The van der Waals surface area contributed by atoms with Crippen LogP contribution < -0.4 is 0 Å². The van der Waals surface area contributed by atoms with Crippen LogP contribution in [0.2, 0.25) is 0 Å². The molecule has 0 aromatic rings. The Hall–Kier alpha value is -1.52. The third-order valence-electron chi connectivity index (χ3n) is 2.16. The van der Waals surface area contributed by atoms with Crippen molar-refractivity contribution in [3.63, 3.8) is 0 Å². The Labute approximate surface area is 82.5 Å². The van der Waals surface area contributed by atoms with Crippen LogP contribution in [0.3, 0.4) is 0 Å². The molecule has 0 atom stereocenters. The molecule has 2 aliphatic heterocycles. The molecule has 0 aromatic carbocycles. The number of nitrogens with zero attached hydrogens (tertiary/aromatic N) is 5. The highest BCUT2D eigenvalue weighted by atomic mass is 15.4. The van der Waals surface area contributed by atoms with Crippen LogP contribution in [-0.2, 0) is 6.54 Å². The van der Waals surface area contributed by atoms with Crippen molar-refractivity contribution in [2.45, 2.75) is 32.7 Å². The van der Waals surface area contributed by atoms with Crippen molar-refractivity contribution in [1.82, 2.24) is 25.0 Å². The van der Waals surface area contributed by atoms with Gasteiger partial charge < -0.3 is 4.57 Å². The monoisotopic (exact) mass is 191 g/mol. The van der Waals surface area contributed by atoms with Crippen molar-refractivity contribution in [3.05, 3.63) is 12.5 Å². The van der Waals surface area contributed by atoms with Gasteiger partial charge in [-0.25, -0.2) is 4.98 Å². The number of hydrogen-bond acceptors (Lipinski definition) is 4. The fourth-order valence-electron chi connectivity index (χ4n) is 1.37. The summed E-state index contributed by atoms with van der Waals surface area (Å²) < 4.78 is 2.04. The highest BCUT2D eigenvalue weighted by molar-refractivity contribution is 5.45. The Balaban J connectivity index is 2.07. The maximum atomic E-state index is 4.15. The minimum absolute atomic E-state index is 0.622. The summed E-state index contributed by atoms with van der Waals surface area (Å²) in [7, 11) is 0. The summed E-state index contributed by atoms with van der Waals surface area (Å²) in [5.74, 6) is 0.622. The molecule has 0 bridgehead atoms. The van der Waals surface area contributed by atoms with E-state index in [2.05, 4.69) is 27.3 Å². The molecule has 2 heterocycles. The summed E-state index contributed by atoms with van der Waals surface area (Å²) in [4.78, 5) is 4.15. The van der Waals surface area contributed by atoms with Gasteiger partial charge in [0, 0.05) is 12.7 Å². The molecule has 5 nitrogen and oxygen atoms in total. The van der Waals surface area contributed by atoms with Crippen molar-refractivity contribution in [1.29, 1.82) is 0 Å². The van der Waals surface area contributed by atoms with Crippen LogP contribution in [0.1, 0.15) is 26.2 Å². The smallest absolute Gasteiger partial charge is 0.207 e. The highest BCUT2D eigenvalue weighted by Gasteiger charge is 2.07. The molecule has 2 aliphatic rings. The van der Waals surface area contributed by atoms with Gasteiger partial charge in [-0.2, -0.15) is 0 Å². The van der Waals surface area contributed by atoms with Crippen molar-refractivity contribution >= 4 is 0 Å². The van der Waals surface area contributed by atoms with E-state index in [0.717, 1.165) is 12.2 Å². The lowest BCUT2D eigenvalue weighted by molar-refractivity contribution is 0.592. The average molecular weight is 191 g/mol. The molecule has 0 saturated heterocycles. The van der Waals surface area contributed by atoms with E-state index in [0.29, 0.717) is 5.82 Å². The van der Waals surface area contributed by atoms with Gasteiger partial charge in [-0.3, -0.25) is 0 Å². The largest absolute Gasteiger partial charge is 0.337 e. The molecule has 0 saturated carbocycles. The van der Waals surface area contributed by atoms with Crippen molar-refractivity contribution < 1.29 is 0 Å². The first kappa shape index (κ1) is 9.05. The van der Waals surface area contributed by atoms with E-state index < -0.39 is 0 Å². The molecule has 5 heteroatoms. The first-order valence-electron chi connectivity index (χ1n) is 4.91. The van der Waals surface area contributed by atoms with Crippen LogP contribution in [0.15, 0.2) is 12.5 Å². The lowest BCUT2D eigenvalue weighted by Gasteiger charge is -2.05. The summed E-state index contributed by atoms with van der Waals surface area (Å²) in [6.07, 6.45) is 7.38. The van der Waals surface area contributed by atoms with Crippen LogP contribution in [0.4, 0.5) is 0 Å². The number of fused-ring (bicyclic) bond motifs is 1. The summed E-state index contributed by atoms with van der Waals surface area (Å²) in [6.45, 7) is 3.18. The SMILES string of the molecule is CCCCCn1cnc2nnnc-2c1. The summed E-state index contributed by atoms with van der Waals surface area (Å²) in [6, 6.07) is 0. The van der Waals surface area contributed by atoms with E-state index in [1.165, 1.54) is 19.3 Å². The van der Waals surface area contributed by atoms with E-state index in [4.69, 9.17) is 0 Å². The maximum Gasteiger partial charge on any atom is 0.207 e. The van der Waals surface area contributed by atoms with Crippen LogP contribution in [0.25, 0.3) is 11.5 Å². The van der Waals surface area contributed by atoms with Crippen molar-refractivity contribution in [3.8, 4) is 11.5 Å². The van der Waals surface area contributed by atoms with E-state index in [1.807, 2.05) is 10.8 Å². The highest BCUT2D eigenvalue weighted by Crippen LogP contribution is 2.10. The van der Waals surface area contributed by atoms with Gasteiger partial charge in [0.2, 0.25) is 5.82 Å². The number of aryl methyl sites for hydroxylation is 1. The van der Waals surface area contributed by atoms with Crippen LogP contribution in [0.5, 0.6) is 0 Å². The van der Waals surface area contributed by atoms with Gasteiger partial charge in [0.1, 0.15) is 0 Å². The van der Waals surface area contributed by atoms with E-state index >= 15 is 0 Å². The van der Waals surface area contributed by atoms with Crippen LogP contribution in [-0.4, -0.2) is 25.0 Å². The lowest BCUT2D eigenvalue weighted by atomic mass is 10.2. The minimum Gasteiger partial charge on any atom is -0.337 e. The molecular formula is C9H13N5. The van der Waals surface area contributed by atoms with E-state index in [9.17, 15) is 0 Å². The van der Waals surface area contributed by atoms with Gasteiger partial charge in [0.05, 0.1) is 6.33 Å². The number of hydrogen-bond donors (Lipinski definition) is 0. The zero-order valence-electron chi connectivity index (χ0n) is 8.22.